The van der Waals surface area contributed by atoms with Gasteiger partial charge in [0.1, 0.15) is 23.5 Å². The number of carbonyl (C=O) groups is 1. The zero-order valence-electron chi connectivity index (χ0n) is 18.6. The Morgan fingerprint density at radius 3 is 2.60 bits per heavy atom. The normalized spacial score (nSPS) is 11.0. The molecule has 0 amide bonds. The molecule has 0 aliphatic heterocycles. The van der Waals surface area contributed by atoms with Crippen molar-refractivity contribution in [3.8, 4) is 5.75 Å². The number of hydrogen-bond acceptors (Lipinski definition) is 8. The molecule has 3 aromatic carbocycles. The average molecular weight is 469 g/mol. The van der Waals surface area contributed by atoms with E-state index in [9.17, 15) is 14.4 Å². The number of nitrogens with zero attached hydrogens (tertiary/aromatic N) is 3. The monoisotopic (exact) mass is 469 g/mol. The largest absolute Gasteiger partial charge is 0.489 e. The summed E-state index contributed by atoms with van der Waals surface area (Å²) in [6, 6.07) is 20.3. The number of rotatable bonds is 6. The van der Waals surface area contributed by atoms with E-state index in [1.54, 1.807) is 60.7 Å². The molecule has 9 nitrogen and oxygen atoms in total. The molecule has 2 heterocycles. The van der Waals surface area contributed by atoms with Crippen LogP contribution in [0.4, 0.5) is 0 Å². The van der Waals surface area contributed by atoms with Crippen LogP contribution >= 0.6 is 0 Å². The van der Waals surface area contributed by atoms with Crippen molar-refractivity contribution in [2.45, 2.75) is 20.3 Å². The van der Waals surface area contributed by atoms with Crippen LogP contribution in [-0.2, 0) is 18.1 Å². The van der Waals surface area contributed by atoms with Crippen LogP contribution in [0.15, 0.2) is 86.8 Å². The van der Waals surface area contributed by atoms with Crippen LogP contribution in [0, 0.1) is 6.92 Å². The van der Waals surface area contributed by atoms with E-state index in [0.717, 1.165) is 21.2 Å². The smallest absolute Gasteiger partial charge is 0.339 e. The topological polar surface area (TPSA) is 114 Å². The minimum atomic E-state index is -0.598. The van der Waals surface area contributed by atoms with Crippen LogP contribution < -0.4 is 15.9 Å². The van der Waals surface area contributed by atoms with Crippen molar-refractivity contribution in [3.63, 3.8) is 0 Å². The summed E-state index contributed by atoms with van der Waals surface area (Å²) in [5, 5.41) is 9.00. The molecule has 0 N–H and O–H groups in total. The minimum absolute atomic E-state index is 0.249. The predicted octanol–water partition coefficient (Wildman–Crippen LogP) is 3.60. The maximum absolute atomic E-state index is 12.5. The zero-order valence-corrected chi connectivity index (χ0v) is 18.6. The Balaban J connectivity index is 1.21. The van der Waals surface area contributed by atoms with E-state index in [4.69, 9.17) is 13.9 Å². The molecule has 5 rings (SSSR count). The van der Waals surface area contributed by atoms with Gasteiger partial charge >= 0.3 is 11.6 Å². The quantitative estimate of drug-likeness (QED) is 0.274. The van der Waals surface area contributed by atoms with E-state index < -0.39 is 11.6 Å². The van der Waals surface area contributed by atoms with Gasteiger partial charge in [0.2, 0.25) is 0 Å². The average Bonchev–Trinajstić information content (AvgIpc) is 2.87. The van der Waals surface area contributed by atoms with E-state index in [1.165, 1.54) is 6.07 Å². The van der Waals surface area contributed by atoms with E-state index in [-0.39, 0.29) is 18.9 Å². The van der Waals surface area contributed by atoms with Crippen molar-refractivity contribution < 1.29 is 18.7 Å². The first-order valence-electron chi connectivity index (χ1n) is 10.7. The molecule has 0 bridgehead atoms. The van der Waals surface area contributed by atoms with Crippen LogP contribution in [0.25, 0.3) is 21.9 Å². The summed E-state index contributed by atoms with van der Waals surface area (Å²) in [5.41, 5.74) is 2.11. The van der Waals surface area contributed by atoms with Crippen LogP contribution in [0.1, 0.15) is 21.5 Å². The molecule has 0 fully saturated rings. The Morgan fingerprint density at radius 1 is 0.971 bits per heavy atom. The van der Waals surface area contributed by atoms with Gasteiger partial charge in [-0.25, -0.2) is 9.59 Å². The minimum Gasteiger partial charge on any atom is -0.489 e. The highest BCUT2D eigenvalue weighted by Crippen LogP contribution is 2.23. The predicted molar refractivity (Wildman–Crippen MR) is 127 cm³/mol. The van der Waals surface area contributed by atoms with Crippen LogP contribution in [-0.4, -0.2) is 21.0 Å². The summed E-state index contributed by atoms with van der Waals surface area (Å²) >= 11 is 0. The first-order valence-corrected chi connectivity index (χ1v) is 10.7. The molecular weight excluding hydrogens is 450 g/mol. The van der Waals surface area contributed by atoms with Gasteiger partial charge in [0, 0.05) is 17.5 Å². The fourth-order valence-corrected chi connectivity index (χ4v) is 3.61. The van der Waals surface area contributed by atoms with Crippen molar-refractivity contribution in [2.24, 2.45) is 0 Å². The first-order chi connectivity index (χ1) is 17.0. The summed E-state index contributed by atoms with van der Waals surface area (Å²) in [6.45, 7) is 1.75. The number of fused-ring (bicyclic) bond motifs is 2. The van der Waals surface area contributed by atoms with Gasteiger partial charge in [0.05, 0.1) is 10.9 Å². The molecule has 5 aromatic rings. The van der Waals surface area contributed by atoms with Gasteiger partial charge < -0.3 is 13.9 Å². The lowest BCUT2D eigenvalue weighted by Gasteiger charge is -2.09. The first kappa shape index (κ1) is 22.0. The van der Waals surface area contributed by atoms with E-state index in [0.29, 0.717) is 27.8 Å². The Kier molecular flexibility index (Phi) is 5.80. The van der Waals surface area contributed by atoms with Gasteiger partial charge in [-0.3, -0.25) is 4.79 Å². The third-order valence-electron chi connectivity index (χ3n) is 5.47. The van der Waals surface area contributed by atoms with Crippen molar-refractivity contribution in [1.29, 1.82) is 0 Å². The maximum atomic E-state index is 12.5. The maximum Gasteiger partial charge on any atom is 0.339 e. The number of esters is 1. The Bertz CT molecular complexity index is 1670. The second-order valence-corrected chi connectivity index (χ2v) is 7.86. The van der Waals surface area contributed by atoms with Gasteiger partial charge in [-0.15, -0.1) is 5.10 Å². The molecule has 35 heavy (non-hydrogen) atoms. The molecule has 0 atom stereocenters. The van der Waals surface area contributed by atoms with Crippen LogP contribution in [0.3, 0.4) is 0 Å². The standard InChI is InChI=1S/C26H19N3O6/c1-16-12-24(30)35-23-13-19(10-11-20(16)23)33-14-17-6-8-18(9-7-17)26(32)34-15-29-25(31)21-4-2-3-5-22(21)27-28-29/h2-13H,14-15H2,1H3. The van der Waals surface area contributed by atoms with Crippen molar-refractivity contribution >= 4 is 27.8 Å². The van der Waals surface area contributed by atoms with Gasteiger partial charge in [-0.1, -0.05) is 29.5 Å². The summed E-state index contributed by atoms with van der Waals surface area (Å²) < 4.78 is 17.3. The number of carbonyl (C=O) groups excluding carboxylic acids is 1. The molecule has 0 saturated carbocycles. The number of hydrogen-bond donors (Lipinski definition) is 0. The van der Waals surface area contributed by atoms with Gasteiger partial charge in [0.15, 0.2) is 6.73 Å². The fraction of sp³-hybridized carbons (Fsp3) is 0.115. The summed E-state index contributed by atoms with van der Waals surface area (Å²) in [7, 11) is 0. The molecule has 0 radical (unpaired) electrons. The molecule has 0 aliphatic carbocycles. The third kappa shape index (κ3) is 4.65. The molecular formula is C26H19N3O6. The van der Waals surface area contributed by atoms with Crippen LogP contribution in [0.2, 0.25) is 0 Å². The Hall–Kier alpha value is -4.79. The van der Waals surface area contributed by atoms with Crippen molar-refractivity contribution in [2.75, 3.05) is 0 Å². The molecule has 2 aromatic heterocycles. The summed E-state index contributed by atoms with van der Waals surface area (Å²) in [5.74, 6) is -0.0454. The van der Waals surface area contributed by atoms with Crippen molar-refractivity contribution in [3.05, 3.63) is 110 Å². The van der Waals surface area contributed by atoms with E-state index >= 15 is 0 Å². The second-order valence-electron chi connectivity index (χ2n) is 7.86. The fourth-order valence-electron chi connectivity index (χ4n) is 3.61. The number of aromatic nitrogens is 3. The van der Waals surface area contributed by atoms with Crippen LogP contribution in [0.5, 0.6) is 5.75 Å². The molecule has 0 saturated heterocycles. The van der Waals surface area contributed by atoms with E-state index in [2.05, 4.69) is 10.3 Å². The highest BCUT2D eigenvalue weighted by molar-refractivity contribution is 5.89. The molecule has 174 valence electrons. The van der Waals surface area contributed by atoms with Crippen molar-refractivity contribution in [1.82, 2.24) is 15.0 Å². The molecule has 0 spiro atoms. The summed E-state index contributed by atoms with van der Waals surface area (Å²) in [4.78, 5) is 36.5. The lowest BCUT2D eigenvalue weighted by Crippen LogP contribution is -2.26. The Morgan fingerprint density at radius 2 is 1.77 bits per heavy atom. The van der Waals surface area contributed by atoms with E-state index in [1.807, 2.05) is 13.0 Å². The SMILES string of the molecule is Cc1cc(=O)oc2cc(OCc3ccc(C(=O)OCn4nnc5ccccc5c4=O)cc3)ccc12. The second kappa shape index (κ2) is 9.22. The lowest BCUT2D eigenvalue weighted by atomic mass is 10.1. The zero-order chi connectivity index (χ0) is 24.4. The number of benzene rings is 3. The Labute approximate surface area is 198 Å². The number of aryl methyl sites for hydroxylation is 1. The number of ether oxygens (including phenoxy) is 2. The highest BCUT2D eigenvalue weighted by atomic mass is 16.5. The molecule has 0 unspecified atom stereocenters. The highest BCUT2D eigenvalue weighted by Gasteiger charge is 2.11. The van der Waals surface area contributed by atoms with Gasteiger partial charge in [-0.05, 0) is 54.4 Å². The lowest BCUT2D eigenvalue weighted by molar-refractivity contribution is 0.0336. The molecule has 9 heteroatoms. The third-order valence-corrected chi connectivity index (χ3v) is 5.47. The van der Waals surface area contributed by atoms with Gasteiger partial charge in [-0.2, -0.15) is 4.68 Å². The molecule has 0 aliphatic rings. The summed E-state index contributed by atoms with van der Waals surface area (Å²) in [6.07, 6.45) is 0. The van der Waals surface area contributed by atoms with Gasteiger partial charge in [0.25, 0.3) is 5.56 Å².